The average Bonchev–Trinajstić information content (AvgIpc) is 3.17. The van der Waals surface area contributed by atoms with Gasteiger partial charge in [0.2, 0.25) is 0 Å². The van der Waals surface area contributed by atoms with E-state index in [1.165, 1.54) is 5.56 Å². The van der Waals surface area contributed by atoms with Crippen LogP contribution in [-0.4, -0.2) is 24.1 Å². The molecule has 0 atom stereocenters. The number of pyridine rings is 1. The van der Waals surface area contributed by atoms with E-state index in [1.807, 2.05) is 65.7 Å². The summed E-state index contributed by atoms with van der Waals surface area (Å²) in [5.74, 6) is 1.54. The third-order valence-electron chi connectivity index (χ3n) is 4.14. The van der Waals surface area contributed by atoms with Crippen LogP contribution in [-0.2, 0) is 7.05 Å². The van der Waals surface area contributed by atoms with Crippen molar-refractivity contribution in [3.63, 3.8) is 0 Å². The lowest BCUT2D eigenvalue weighted by atomic mass is 10.2. The van der Waals surface area contributed by atoms with Gasteiger partial charge in [-0.2, -0.15) is 0 Å². The van der Waals surface area contributed by atoms with Crippen LogP contribution < -0.4 is 0 Å². The molecule has 25 heavy (non-hydrogen) atoms. The van der Waals surface area contributed by atoms with Crippen LogP contribution in [0.1, 0.15) is 22.9 Å². The summed E-state index contributed by atoms with van der Waals surface area (Å²) >= 11 is 0. The molecule has 5 heteroatoms. The molecule has 0 aliphatic carbocycles. The van der Waals surface area contributed by atoms with E-state index in [9.17, 15) is 0 Å². The fourth-order valence-corrected chi connectivity index (χ4v) is 2.93. The van der Waals surface area contributed by atoms with E-state index in [1.54, 1.807) is 0 Å². The third-order valence-corrected chi connectivity index (χ3v) is 4.14. The first-order chi connectivity index (χ1) is 12.1. The predicted octanol–water partition coefficient (Wildman–Crippen LogP) is 3.92. The smallest absolute Gasteiger partial charge is 0.175 e. The molecule has 0 unspecified atom stereocenters. The SMILES string of the molecule is Cc1cc(C)n2nc(/C=C/c3nc(-c4ccccc4)cn3C)nc2c1. The summed E-state index contributed by atoms with van der Waals surface area (Å²) in [6, 6.07) is 14.3. The number of fused-ring (bicyclic) bond motifs is 1. The Bertz CT molecular complexity index is 1070. The van der Waals surface area contributed by atoms with Crippen molar-refractivity contribution < 1.29 is 0 Å². The van der Waals surface area contributed by atoms with E-state index < -0.39 is 0 Å². The maximum Gasteiger partial charge on any atom is 0.175 e. The van der Waals surface area contributed by atoms with Crippen molar-refractivity contribution in [2.24, 2.45) is 7.05 Å². The Labute approximate surface area is 146 Å². The summed E-state index contributed by atoms with van der Waals surface area (Å²) in [4.78, 5) is 9.27. The van der Waals surface area contributed by atoms with Crippen molar-refractivity contribution >= 4 is 17.8 Å². The lowest BCUT2D eigenvalue weighted by Crippen LogP contribution is -1.93. The number of aromatic nitrogens is 5. The molecule has 1 aromatic carbocycles. The van der Waals surface area contributed by atoms with E-state index >= 15 is 0 Å². The molecular formula is C20H19N5. The highest BCUT2D eigenvalue weighted by Crippen LogP contribution is 2.18. The van der Waals surface area contributed by atoms with Gasteiger partial charge in [-0.25, -0.2) is 14.5 Å². The molecule has 0 saturated heterocycles. The van der Waals surface area contributed by atoms with Crippen molar-refractivity contribution in [2.75, 3.05) is 0 Å². The van der Waals surface area contributed by atoms with Crippen molar-refractivity contribution in [3.8, 4) is 11.3 Å². The Hall–Kier alpha value is -3.21. The first-order valence-corrected chi connectivity index (χ1v) is 8.21. The Kier molecular flexibility index (Phi) is 3.69. The lowest BCUT2D eigenvalue weighted by Gasteiger charge is -1.98. The number of imidazole rings is 1. The highest BCUT2D eigenvalue weighted by molar-refractivity contribution is 5.67. The summed E-state index contributed by atoms with van der Waals surface area (Å²) in [6.45, 7) is 4.10. The van der Waals surface area contributed by atoms with Crippen LogP contribution in [0.2, 0.25) is 0 Å². The lowest BCUT2D eigenvalue weighted by molar-refractivity contribution is 0.896. The van der Waals surface area contributed by atoms with Gasteiger partial charge in [0.25, 0.3) is 0 Å². The Morgan fingerprint density at radius 2 is 1.76 bits per heavy atom. The minimum Gasteiger partial charge on any atom is -0.334 e. The molecule has 0 aliphatic rings. The molecule has 3 aromatic heterocycles. The van der Waals surface area contributed by atoms with E-state index in [2.05, 4.69) is 35.2 Å². The number of benzene rings is 1. The summed E-state index contributed by atoms with van der Waals surface area (Å²) < 4.78 is 3.87. The molecule has 0 spiro atoms. The molecule has 0 N–H and O–H groups in total. The normalized spacial score (nSPS) is 11.6. The maximum atomic E-state index is 4.69. The summed E-state index contributed by atoms with van der Waals surface area (Å²) in [7, 11) is 1.99. The number of rotatable bonds is 3. The zero-order valence-electron chi connectivity index (χ0n) is 14.5. The molecule has 0 radical (unpaired) electrons. The molecular weight excluding hydrogens is 310 g/mol. The Balaban J connectivity index is 1.66. The van der Waals surface area contributed by atoms with Crippen molar-refractivity contribution in [1.82, 2.24) is 24.1 Å². The maximum absolute atomic E-state index is 4.69. The molecule has 5 nitrogen and oxygen atoms in total. The van der Waals surface area contributed by atoms with E-state index in [4.69, 9.17) is 4.98 Å². The van der Waals surface area contributed by atoms with Gasteiger partial charge in [-0.3, -0.25) is 0 Å². The van der Waals surface area contributed by atoms with Crippen LogP contribution in [0.3, 0.4) is 0 Å². The molecule has 0 amide bonds. The predicted molar refractivity (Wildman–Crippen MR) is 100 cm³/mol. The second-order valence-corrected chi connectivity index (χ2v) is 6.21. The van der Waals surface area contributed by atoms with Crippen molar-refractivity contribution in [3.05, 3.63) is 71.6 Å². The number of nitrogens with zero attached hydrogens (tertiary/aromatic N) is 5. The number of hydrogen-bond acceptors (Lipinski definition) is 3. The second-order valence-electron chi connectivity index (χ2n) is 6.21. The van der Waals surface area contributed by atoms with Gasteiger partial charge < -0.3 is 4.57 Å². The van der Waals surface area contributed by atoms with Gasteiger partial charge in [-0.1, -0.05) is 30.3 Å². The fraction of sp³-hybridized carbons (Fsp3) is 0.150. The standard InChI is InChI=1S/C20H19N5/c1-14-11-15(2)25-20(12-14)22-18(23-25)9-10-19-21-17(13-24(19)3)16-7-5-4-6-8-16/h4-13H,1-3H3/b10-9+. The first kappa shape index (κ1) is 15.3. The highest BCUT2D eigenvalue weighted by atomic mass is 15.3. The average molecular weight is 329 g/mol. The van der Waals surface area contributed by atoms with Crippen LogP contribution in [0.15, 0.2) is 48.7 Å². The minimum absolute atomic E-state index is 0.679. The minimum atomic E-state index is 0.679. The Morgan fingerprint density at radius 3 is 2.56 bits per heavy atom. The van der Waals surface area contributed by atoms with E-state index in [0.29, 0.717) is 5.82 Å². The molecule has 4 aromatic rings. The largest absolute Gasteiger partial charge is 0.334 e. The van der Waals surface area contributed by atoms with Gasteiger partial charge in [-0.05, 0) is 43.7 Å². The number of aryl methyl sites for hydroxylation is 3. The Morgan fingerprint density at radius 1 is 0.960 bits per heavy atom. The van der Waals surface area contributed by atoms with Gasteiger partial charge in [0, 0.05) is 24.5 Å². The zero-order chi connectivity index (χ0) is 17.4. The van der Waals surface area contributed by atoms with E-state index in [-0.39, 0.29) is 0 Å². The van der Waals surface area contributed by atoms with Gasteiger partial charge in [0.1, 0.15) is 5.82 Å². The zero-order valence-corrected chi connectivity index (χ0v) is 14.5. The molecule has 0 bridgehead atoms. The van der Waals surface area contributed by atoms with Gasteiger partial charge in [0.15, 0.2) is 11.5 Å². The molecule has 0 aliphatic heterocycles. The molecule has 124 valence electrons. The third kappa shape index (κ3) is 2.96. The summed E-state index contributed by atoms with van der Waals surface area (Å²) in [5, 5.41) is 4.54. The van der Waals surface area contributed by atoms with Gasteiger partial charge >= 0.3 is 0 Å². The molecule has 0 saturated carbocycles. The van der Waals surface area contributed by atoms with Gasteiger partial charge in [0.05, 0.1) is 5.69 Å². The topological polar surface area (TPSA) is 48.0 Å². The molecule has 4 rings (SSSR count). The van der Waals surface area contributed by atoms with Crippen LogP contribution in [0, 0.1) is 13.8 Å². The van der Waals surface area contributed by atoms with E-state index in [0.717, 1.165) is 28.4 Å². The molecule has 0 fully saturated rings. The van der Waals surface area contributed by atoms with Crippen LogP contribution in [0.5, 0.6) is 0 Å². The van der Waals surface area contributed by atoms with Crippen LogP contribution >= 0.6 is 0 Å². The van der Waals surface area contributed by atoms with Crippen molar-refractivity contribution in [2.45, 2.75) is 13.8 Å². The second kappa shape index (κ2) is 6.02. The molecule has 3 heterocycles. The summed E-state index contributed by atoms with van der Waals surface area (Å²) in [5.41, 5.74) is 5.18. The quantitative estimate of drug-likeness (QED) is 0.572. The number of hydrogen-bond donors (Lipinski definition) is 0. The van der Waals surface area contributed by atoms with Crippen LogP contribution in [0.4, 0.5) is 0 Å². The first-order valence-electron chi connectivity index (χ1n) is 8.21. The van der Waals surface area contributed by atoms with Crippen LogP contribution in [0.25, 0.3) is 29.1 Å². The highest BCUT2D eigenvalue weighted by Gasteiger charge is 2.07. The monoisotopic (exact) mass is 329 g/mol. The summed E-state index contributed by atoms with van der Waals surface area (Å²) in [6.07, 6.45) is 5.88. The van der Waals surface area contributed by atoms with Crippen molar-refractivity contribution in [1.29, 1.82) is 0 Å². The van der Waals surface area contributed by atoms with Gasteiger partial charge in [-0.15, -0.1) is 5.10 Å². The fourth-order valence-electron chi connectivity index (χ4n) is 2.93.